The van der Waals surface area contributed by atoms with Crippen molar-refractivity contribution in [2.45, 2.75) is 0 Å². The van der Waals surface area contributed by atoms with E-state index >= 15 is 0 Å². The Balaban J connectivity index is 1.41. The Hall–Kier alpha value is -4.27. The molecule has 1 aliphatic heterocycles. The van der Waals surface area contributed by atoms with Crippen molar-refractivity contribution in [3.8, 4) is 11.4 Å². The van der Waals surface area contributed by atoms with Gasteiger partial charge in [0.25, 0.3) is 0 Å². The maximum atomic E-state index is 11.1. The quantitative estimate of drug-likeness (QED) is 0.452. The van der Waals surface area contributed by atoms with Crippen LogP contribution in [-0.4, -0.2) is 56.9 Å². The molecule has 2 aromatic heterocycles. The lowest BCUT2D eigenvalue weighted by Gasteiger charge is -2.36. The van der Waals surface area contributed by atoms with E-state index in [0.29, 0.717) is 17.4 Å². The zero-order valence-corrected chi connectivity index (χ0v) is 17.2. The lowest BCUT2D eigenvalue weighted by atomic mass is 10.2. The molecule has 0 saturated carbocycles. The van der Waals surface area contributed by atoms with Crippen LogP contribution in [0.1, 0.15) is 10.4 Å². The molecular formula is C23H22N6O3. The molecule has 0 aliphatic carbocycles. The molecule has 1 aliphatic rings. The van der Waals surface area contributed by atoms with Gasteiger partial charge >= 0.3 is 5.97 Å². The third-order valence-corrected chi connectivity index (χ3v) is 5.73. The lowest BCUT2D eigenvalue weighted by molar-refractivity contribution is 0.0697. The van der Waals surface area contributed by atoms with Crippen LogP contribution in [-0.2, 0) is 0 Å². The summed E-state index contributed by atoms with van der Waals surface area (Å²) in [5.74, 6) is 0.272. The highest BCUT2D eigenvalue weighted by Crippen LogP contribution is 2.27. The molecule has 1 saturated heterocycles. The summed E-state index contributed by atoms with van der Waals surface area (Å²) in [6, 6.07) is 15.7. The fraction of sp³-hybridized carbons (Fsp3) is 0.174. The van der Waals surface area contributed by atoms with Gasteiger partial charge in [0.15, 0.2) is 5.65 Å². The Morgan fingerprint density at radius 3 is 2.12 bits per heavy atom. The first-order chi connectivity index (χ1) is 15.5. The van der Waals surface area contributed by atoms with E-state index in [4.69, 9.17) is 15.8 Å². The second kappa shape index (κ2) is 7.77. The Morgan fingerprint density at radius 2 is 1.47 bits per heavy atom. The van der Waals surface area contributed by atoms with Crippen LogP contribution in [0.25, 0.3) is 16.7 Å². The van der Waals surface area contributed by atoms with E-state index in [1.807, 2.05) is 29.0 Å². The largest absolute Gasteiger partial charge is 0.508 e. The first-order valence-corrected chi connectivity index (χ1v) is 10.3. The number of benzene rings is 2. The molecule has 9 heteroatoms. The van der Waals surface area contributed by atoms with Crippen LogP contribution in [0.15, 0.2) is 60.8 Å². The Bertz CT molecular complexity index is 1280. The Labute approximate surface area is 184 Å². The minimum Gasteiger partial charge on any atom is -0.508 e. The standard InChI is InChI=1S/C23H22N6O3/c24-20-19-9-10-29(17-3-1-15(2-4-17)22(31)32)21(19)26-23(25-20)28-13-11-27(12-14-28)16-5-7-18(30)8-6-16/h1-10,30H,11-14H2,(H,31,32)(H2,24,25,26). The van der Waals surface area contributed by atoms with Crippen molar-refractivity contribution in [3.05, 3.63) is 66.4 Å². The first kappa shape index (κ1) is 19.7. The summed E-state index contributed by atoms with van der Waals surface area (Å²) in [6.07, 6.45) is 1.86. The Kier molecular flexibility index (Phi) is 4.78. The van der Waals surface area contributed by atoms with Gasteiger partial charge in [-0.05, 0) is 54.6 Å². The number of nitrogens with two attached hydrogens (primary N) is 1. The molecule has 0 unspecified atom stereocenters. The molecule has 0 amide bonds. The minimum atomic E-state index is -0.964. The van der Waals surface area contributed by atoms with Crippen LogP contribution in [0.3, 0.4) is 0 Å². The van der Waals surface area contributed by atoms with Gasteiger partial charge in [-0.1, -0.05) is 0 Å². The van der Waals surface area contributed by atoms with Gasteiger partial charge in [-0.2, -0.15) is 9.97 Å². The maximum Gasteiger partial charge on any atom is 0.335 e. The molecule has 0 radical (unpaired) electrons. The lowest BCUT2D eigenvalue weighted by Crippen LogP contribution is -2.47. The van der Waals surface area contributed by atoms with Crippen LogP contribution >= 0.6 is 0 Å². The molecule has 2 aromatic carbocycles. The van der Waals surface area contributed by atoms with Crippen molar-refractivity contribution in [2.24, 2.45) is 0 Å². The third kappa shape index (κ3) is 3.53. The number of nitrogen functional groups attached to an aromatic ring is 1. The first-order valence-electron chi connectivity index (χ1n) is 10.3. The predicted octanol–water partition coefficient (Wildman–Crippen LogP) is 2.73. The van der Waals surface area contributed by atoms with Gasteiger partial charge in [0.2, 0.25) is 5.95 Å². The molecule has 4 N–H and O–H groups in total. The summed E-state index contributed by atoms with van der Waals surface area (Å²) in [5.41, 5.74) is 9.02. The molecule has 1 fully saturated rings. The van der Waals surface area contributed by atoms with Gasteiger partial charge in [0.05, 0.1) is 10.9 Å². The van der Waals surface area contributed by atoms with Crippen molar-refractivity contribution in [1.82, 2.24) is 14.5 Å². The van der Waals surface area contributed by atoms with Crippen LogP contribution < -0.4 is 15.5 Å². The van der Waals surface area contributed by atoms with Gasteiger partial charge in [0, 0.05) is 43.8 Å². The number of aromatic hydroxyl groups is 1. The highest BCUT2D eigenvalue weighted by molar-refractivity contribution is 5.90. The normalized spacial score (nSPS) is 14.1. The summed E-state index contributed by atoms with van der Waals surface area (Å²) >= 11 is 0. The molecule has 3 heterocycles. The fourth-order valence-corrected chi connectivity index (χ4v) is 3.97. The number of aromatic nitrogens is 3. The summed E-state index contributed by atoms with van der Waals surface area (Å²) in [7, 11) is 0. The van der Waals surface area contributed by atoms with Crippen LogP contribution in [0.4, 0.5) is 17.5 Å². The molecular weight excluding hydrogens is 408 g/mol. The maximum absolute atomic E-state index is 11.1. The van der Waals surface area contributed by atoms with Crippen molar-refractivity contribution in [1.29, 1.82) is 0 Å². The van der Waals surface area contributed by atoms with Crippen molar-refractivity contribution in [3.63, 3.8) is 0 Å². The minimum absolute atomic E-state index is 0.228. The number of rotatable bonds is 4. The summed E-state index contributed by atoms with van der Waals surface area (Å²) < 4.78 is 1.88. The predicted molar refractivity (Wildman–Crippen MR) is 123 cm³/mol. The number of nitrogens with zero attached hydrogens (tertiary/aromatic N) is 5. The van der Waals surface area contributed by atoms with E-state index in [-0.39, 0.29) is 11.3 Å². The topological polar surface area (TPSA) is 121 Å². The SMILES string of the molecule is Nc1nc(N2CCN(c3ccc(O)cc3)CC2)nc2c1ccn2-c1ccc(C(=O)O)cc1. The van der Waals surface area contributed by atoms with Crippen molar-refractivity contribution in [2.75, 3.05) is 41.7 Å². The number of carboxylic acids is 1. The van der Waals surface area contributed by atoms with E-state index in [0.717, 1.165) is 42.9 Å². The van der Waals surface area contributed by atoms with Gasteiger partial charge < -0.3 is 30.3 Å². The number of aromatic carboxylic acids is 1. The fourth-order valence-electron chi connectivity index (χ4n) is 3.97. The van der Waals surface area contributed by atoms with Crippen LogP contribution in [0, 0.1) is 0 Å². The van der Waals surface area contributed by atoms with Crippen LogP contribution in [0.5, 0.6) is 5.75 Å². The van der Waals surface area contributed by atoms with Crippen molar-refractivity contribution >= 4 is 34.5 Å². The number of carboxylic acid groups (broad SMARTS) is 1. The zero-order valence-electron chi connectivity index (χ0n) is 17.2. The molecule has 9 nitrogen and oxygen atoms in total. The number of hydrogen-bond donors (Lipinski definition) is 3. The average molecular weight is 430 g/mol. The summed E-state index contributed by atoms with van der Waals surface area (Å²) in [5, 5.41) is 19.4. The van der Waals surface area contributed by atoms with E-state index in [2.05, 4.69) is 14.8 Å². The molecule has 4 aromatic rings. The van der Waals surface area contributed by atoms with Gasteiger partial charge in [0.1, 0.15) is 11.6 Å². The summed E-state index contributed by atoms with van der Waals surface area (Å²) in [4.78, 5) is 24.8. The Morgan fingerprint density at radius 1 is 0.844 bits per heavy atom. The van der Waals surface area contributed by atoms with Gasteiger partial charge in [-0.25, -0.2) is 4.79 Å². The van der Waals surface area contributed by atoms with Crippen LogP contribution in [0.2, 0.25) is 0 Å². The van der Waals surface area contributed by atoms with E-state index in [1.54, 1.807) is 36.4 Å². The molecule has 0 atom stereocenters. The van der Waals surface area contributed by atoms with Crippen molar-refractivity contribution < 1.29 is 15.0 Å². The summed E-state index contributed by atoms with van der Waals surface area (Å²) in [6.45, 7) is 3.06. The number of phenols is 1. The third-order valence-electron chi connectivity index (χ3n) is 5.73. The molecule has 162 valence electrons. The number of anilines is 3. The second-order valence-corrected chi connectivity index (χ2v) is 7.67. The second-order valence-electron chi connectivity index (χ2n) is 7.67. The van der Waals surface area contributed by atoms with Gasteiger partial charge in [-0.3, -0.25) is 0 Å². The van der Waals surface area contributed by atoms with E-state index in [9.17, 15) is 9.90 Å². The monoisotopic (exact) mass is 430 g/mol. The molecule has 0 bridgehead atoms. The smallest absolute Gasteiger partial charge is 0.335 e. The molecule has 0 spiro atoms. The number of fused-ring (bicyclic) bond motifs is 1. The number of phenolic OH excluding ortho intramolecular Hbond substituents is 1. The average Bonchev–Trinajstić information content (AvgIpc) is 3.24. The number of hydrogen-bond acceptors (Lipinski definition) is 7. The zero-order chi connectivity index (χ0) is 22.2. The number of carbonyl (C=O) groups is 1. The highest BCUT2D eigenvalue weighted by Gasteiger charge is 2.21. The highest BCUT2D eigenvalue weighted by atomic mass is 16.4. The molecule has 32 heavy (non-hydrogen) atoms. The van der Waals surface area contributed by atoms with E-state index in [1.165, 1.54) is 0 Å². The molecule has 5 rings (SSSR count). The number of piperazine rings is 1. The van der Waals surface area contributed by atoms with E-state index < -0.39 is 5.97 Å². The van der Waals surface area contributed by atoms with Gasteiger partial charge in [-0.15, -0.1) is 0 Å².